The normalized spacial score (nSPS) is 18.6. The van der Waals surface area contributed by atoms with Gasteiger partial charge in [0.2, 0.25) is 5.91 Å². The Kier molecular flexibility index (Phi) is 6.81. The molecule has 1 aliphatic rings. The number of nitrogens with two attached hydrogens (primary N) is 2. The van der Waals surface area contributed by atoms with Crippen LogP contribution < -0.4 is 21.5 Å². The molecule has 1 aliphatic carbocycles. The number of amides is 1. The van der Waals surface area contributed by atoms with Crippen LogP contribution in [0.5, 0.6) is 11.5 Å². The van der Waals surface area contributed by atoms with E-state index in [1.165, 1.54) is 0 Å². The highest BCUT2D eigenvalue weighted by molar-refractivity contribution is 5.87. The van der Waals surface area contributed by atoms with Crippen molar-refractivity contribution in [3.8, 4) is 22.9 Å². The summed E-state index contributed by atoms with van der Waals surface area (Å²) in [7, 11) is 0. The van der Waals surface area contributed by atoms with E-state index in [-0.39, 0.29) is 18.0 Å². The maximum atomic E-state index is 12.2. The number of hydrogen-bond donors (Lipinski definition) is 3. The number of benzene rings is 2. The predicted octanol–water partition coefficient (Wildman–Crippen LogP) is 4.21. The monoisotopic (exact) mass is 485 g/mol. The lowest BCUT2D eigenvalue weighted by Gasteiger charge is -2.30. The van der Waals surface area contributed by atoms with Gasteiger partial charge in [0.05, 0.1) is 23.7 Å². The molecule has 0 bridgehead atoms. The first-order valence-electron chi connectivity index (χ1n) is 12.4. The van der Waals surface area contributed by atoms with Gasteiger partial charge in [0, 0.05) is 11.6 Å². The maximum Gasteiger partial charge on any atom is 0.237 e. The van der Waals surface area contributed by atoms with E-state index < -0.39 is 6.04 Å². The third-order valence-corrected chi connectivity index (χ3v) is 6.74. The van der Waals surface area contributed by atoms with Gasteiger partial charge in [-0.05, 0) is 68.5 Å². The summed E-state index contributed by atoms with van der Waals surface area (Å²) in [6.45, 7) is 1.92. The third-order valence-electron chi connectivity index (χ3n) is 6.74. The van der Waals surface area contributed by atoms with Gasteiger partial charge in [0.25, 0.3) is 0 Å². The maximum absolute atomic E-state index is 12.2. The largest absolute Gasteiger partial charge is 0.457 e. The van der Waals surface area contributed by atoms with Gasteiger partial charge in [-0.15, -0.1) is 0 Å². The van der Waals surface area contributed by atoms with Crippen LogP contribution in [-0.2, 0) is 4.79 Å². The van der Waals surface area contributed by atoms with E-state index in [2.05, 4.69) is 15.4 Å². The van der Waals surface area contributed by atoms with Gasteiger partial charge < -0.3 is 21.5 Å². The zero-order valence-corrected chi connectivity index (χ0v) is 20.3. The summed E-state index contributed by atoms with van der Waals surface area (Å²) in [5.41, 5.74) is 13.7. The summed E-state index contributed by atoms with van der Waals surface area (Å²) in [4.78, 5) is 21.5. The molecule has 186 valence electrons. The van der Waals surface area contributed by atoms with E-state index in [1.54, 1.807) is 6.20 Å². The quantitative estimate of drug-likeness (QED) is 0.357. The highest BCUT2D eigenvalue weighted by Gasteiger charge is 2.27. The average molecular weight is 486 g/mol. The summed E-state index contributed by atoms with van der Waals surface area (Å²) >= 11 is 0. The Bertz CT molecular complexity index is 1330. The van der Waals surface area contributed by atoms with Gasteiger partial charge in [-0.3, -0.25) is 4.79 Å². The molecule has 0 unspecified atom stereocenters. The second kappa shape index (κ2) is 10.3. The average Bonchev–Trinajstić information content (AvgIpc) is 3.34. The standard InChI is InChI=1S/C27H31N7O2/c1-2-23(28)27(35)31-18-10-12-19(13-11-18)34-26-22(16-30-34)24(29)32-25(33-26)17-8-14-21(15-9-17)36-20-6-4-3-5-7-20/h3-9,14-16,18-19,23H,2,10-13,28H2,1H3,(H,31,35)(H2,29,32,33)/t18?,19?,23-/m1/s1. The molecule has 2 heterocycles. The van der Waals surface area contributed by atoms with E-state index in [4.69, 9.17) is 21.2 Å². The van der Waals surface area contributed by atoms with Crippen molar-refractivity contribution < 1.29 is 9.53 Å². The lowest BCUT2D eigenvalue weighted by molar-refractivity contribution is -0.123. The Morgan fingerprint density at radius 3 is 2.44 bits per heavy atom. The molecule has 5 rings (SSSR count). The Hall–Kier alpha value is -3.98. The van der Waals surface area contributed by atoms with Gasteiger partial charge >= 0.3 is 0 Å². The van der Waals surface area contributed by atoms with Crippen molar-refractivity contribution in [1.82, 2.24) is 25.1 Å². The minimum atomic E-state index is -0.449. The fraction of sp³-hybridized carbons (Fsp3) is 0.333. The highest BCUT2D eigenvalue weighted by atomic mass is 16.5. The van der Waals surface area contributed by atoms with Crippen LogP contribution in [0.1, 0.15) is 45.1 Å². The van der Waals surface area contributed by atoms with Crippen molar-refractivity contribution in [3.05, 3.63) is 60.8 Å². The van der Waals surface area contributed by atoms with Gasteiger partial charge in [-0.1, -0.05) is 25.1 Å². The number of aromatic nitrogens is 4. The minimum absolute atomic E-state index is 0.0733. The fourth-order valence-electron chi connectivity index (χ4n) is 4.60. The van der Waals surface area contributed by atoms with Crippen molar-refractivity contribution in [2.45, 2.75) is 57.2 Å². The summed E-state index contributed by atoms with van der Waals surface area (Å²) in [6.07, 6.45) is 5.86. The lowest BCUT2D eigenvalue weighted by Crippen LogP contribution is -2.46. The topological polar surface area (TPSA) is 134 Å². The highest BCUT2D eigenvalue weighted by Crippen LogP contribution is 2.32. The Morgan fingerprint density at radius 1 is 1.06 bits per heavy atom. The van der Waals surface area contributed by atoms with Crippen molar-refractivity contribution in [1.29, 1.82) is 0 Å². The zero-order valence-electron chi connectivity index (χ0n) is 20.3. The number of nitrogen functional groups attached to an aromatic ring is 1. The number of fused-ring (bicyclic) bond motifs is 1. The van der Waals surface area contributed by atoms with Gasteiger partial charge in [-0.25, -0.2) is 14.6 Å². The minimum Gasteiger partial charge on any atom is -0.457 e. The number of rotatable bonds is 7. The third kappa shape index (κ3) is 5.01. The fourth-order valence-corrected chi connectivity index (χ4v) is 4.60. The van der Waals surface area contributed by atoms with Gasteiger partial charge in [-0.2, -0.15) is 5.10 Å². The molecule has 36 heavy (non-hydrogen) atoms. The van der Waals surface area contributed by atoms with Gasteiger partial charge in [0.15, 0.2) is 11.5 Å². The van der Waals surface area contributed by atoms with Crippen LogP contribution >= 0.6 is 0 Å². The van der Waals surface area contributed by atoms with Crippen molar-refractivity contribution in [2.75, 3.05) is 5.73 Å². The number of nitrogens with zero attached hydrogens (tertiary/aromatic N) is 4. The first-order chi connectivity index (χ1) is 17.5. The summed E-state index contributed by atoms with van der Waals surface area (Å²) in [6, 6.07) is 17.1. The van der Waals surface area contributed by atoms with Crippen molar-refractivity contribution in [2.24, 2.45) is 5.73 Å². The smallest absolute Gasteiger partial charge is 0.237 e. The van der Waals surface area contributed by atoms with E-state index >= 15 is 0 Å². The van der Waals surface area contributed by atoms with Crippen molar-refractivity contribution >= 4 is 22.8 Å². The molecule has 2 aromatic heterocycles. The molecule has 0 aliphatic heterocycles. The molecule has 0 radical (unpaired) electrons. The summed E-state index contributed by atoms with van der Waals surface area (Å²) < 4.78 is 7.85. The van der Waals surface area contributed by atoms with Crippen LogP contribution in [0.3, 0.4) is 0 Å². The molecule has 1 atom stereocenters. The number of anilines is 1. The second-order valence-electron chi connectivity index (χ2n) is 9.23. The number of para-hydroxylation sites is 1. The van der Waals surface area contributed by atoms with Crippen LogP contribution in [0.25, 0.3) is 22.4 Å². The number of carbonyl (C=O) groups excluding carboxylic acids is 1. The molecule has 1 fully saturated rings. The molecule has 9 heteroatoms. The molecule has 0 saturated heterocycles. The molecule has 1 amide bonds. The van der Waals surface area contributed by atoms with Crippen molar-refractivity contribution in [3.63, 3.8) is 0 Å². The Balaban J connectivity index is 1.32. The number of nitrogens with one attached hydrogen (secondary N) is 1. The number of hydrogen-bond acceptors (Lipinski definition) is 7. The first-order valence-corrected chi connectivity index (χ1v) is 12.4. The van der Waals surface area contributed by atoms with Crippen LogP contribution in [0.4, 0.5) is 5.82 Å². The van der Waals surface area contributed by atoms with E-state index in [0.717, 1.165) is 53.8 Å². The van der Waals surface area contributed by atoms with Crippen LogP contribution in [0, 0.1) is 0 Å². The SMILES string of the molecule is CC[C@@H](N)C(=O)NC1CCC(n2ncc3c(N)nc(-c4ccc(Oc5ccccc5)cc4)nc32)CC1. The van der Waals surface area contributed by atoms with Crippen LogP contribution in [0.15, 0.2) is 60.8 Å². The number of carbonyl (C=O) groups is 1. The molecular formula is C27H31N7O2. The summed E-state index contributed by atoms with van der Waals surface area (Å²) in [5, 5.41) is 8.44. The molecule has 1 saturated carbocycles. The molecule has 0 spiro atoms. The van der Waals surface area contributed by atoms with Crippen LogP contribution in [0.2, 0.25) is 0 Å². The molecular weight excluding hydrogens is 454 g/mol. The molecule has 9 nitrogen and oxygen atoms in total. The predicted molar refractivity (Wildman–Crippen MR) is 139 cm³/mol. The molecule has 4 aromatic rings. The lowest BCUT2D eigenvalue weighted by atomic mass is 9.91. The Labute approximate surface area is 209 Å². The Morgan fingerprint density at radius 2 is 1.75 bits per heavy atom. The molecule has 5 N–H and O–H groups in total. The van der Waals surface area contributed by atoms with E-state index in [0.29, 0.717) is 18.1 Å². The summed E-state index contributed by atoms with van der Waals surface area (Å²) in [5.74, 6) is 2.38. The zero-order chi connectivity index (χ0) is 25.1. The van der Waals surface area contributed by atoms with Crippen LogP contribution in [-0.4, -0.2) is 37.7 Å². The number of ether oxygens (including phenoxy) is 1. The van der Waals surface area contributed by atoms with E-state index in [9.17, 15) is 4.79 Å². The van der Waals surface area contributed by atoms with Gasteiger partial charge in [0.1, 0.15) is 17.3 Å². The molecule has 2 aromatic carbocycles. The van der Waals surface area contributed by atoms with E-state index in [1.807, 2.05) is 66.2 Å². The second-order valence-corrected chi connectivity index (χ2v) is 9.23. The first kappa shape index (κ1) is 23.7.